The maximum Gasteiger partial charge on any atom is 0.275 e. The first kappa shape index (κ1) is 15.2. The zero-order valence-electron chi connectivity index (χ0n) is 11.0. The lowest BCUT2D eigenvalue weighted by atomic mass is 10.1. The average Bonchev–Trinajstić information content (AvgIpc) is 2.94. The largest absolute Gasteiger partial charge is 0.305 e. The highest BCUT2D eigenvalue weighted by atomic mass is 79.9. The van der Waals surface area contributed by atoms with Crippen LogP contribution in [0.2, 0.25) is 0 Å². The van der Waals surface area contributed by atoms with Gasteiger partial charge < -0.3 is 5.32 Å². The van der Waals surface area contributed by atoms with E-state index in [1.54, 1.807) is 23.5 Å². The van der Waals surface area contributed by atoms with Crippen LogP contribution in [-0.4, -0.2) is 4.92 Å². The molecule has 4 nitrogen and oxygen atoms in total. The first-order chi connectivity index (χ1) is 9.61. The van der Waals surface area contributed by atoms with Crippen molar-refractivity contribution in [3.8, 4) is 0 Å². The van der Waals surface area contributed by atoms with Crippen LogP contribution in [0.3, 0.4) is 0 Å². The summed E-state index contributed by atoms with van der Waals surface area (Å²) in [6.07, 6.45) is 0.949. The van der Waals surface area contributed by atoms with E-state index >= 15 is 0 Å². The summed E-state index contributed by atoms with van der Waals surface area (Å²) >= 11 is 4.97. The molecule has 0 aliphatic heterocycles. The van der Waals surface area contributed by atoms with Gasteiger partial charge >= 0.3 is 0 Å². The molecule has 0 spiro atoms. The summed E-state index contributed by atoms with van der Waals surface area (Å²) in [5, 5.41) is 16.5. The van der Waals surface area contributed by atoms with Crippen LogP contribution >= 0.6 is 27.3 Å². The molecule has 106 valence electrons. The van der Waals surface area contributed by atoms with Crippen LogP contribution in [0.1, 0.15) is 29.8 Å². The second-order valence-corrected chi connectivity index (χ2v) is 6.28. The summed E-state index contributed by atoms with van der Waals surface area (Å²) in [5.41, 5.74) is 0.848. The van der Waals surface area contributed by atoms with E-state index in [2.05, 4.69) is 34.2 Å². The van der Waals surface area contributed by atoms with Crippen molar-refractivity contribution in [1.82, 2.24) is 5.32 Å². The molecule has 20 heavy (non-hydrogen) atoms. The maximum atomic E-state index is 11.1. The third-order valence-electron chi connectivity index (χ3n) is 3.08. The third kappa shape index (κ3) is 3.65. The molecule has 1 heterocycles. The summed E-state index contributed by atoms with van der Waals surface area (Å²) in [6, 6.07) is 9.50. The van der Waals surface area contributed by atoms with E-state index in [0.29, 0.717) is 12.1 Å². The summed E-state index contributed by atoms with van der Waals surface area (Å²) in [4.78, 5) is 12.0. The van der Waals surface area contributed by atoms with E-state index in [-0.39, 0.29) is 16.7 Å². The first-order valence-electron chi connectivity index (χ1n) is 6.31. The van der Waals surface area contributed by atoms with Gasteiger partial charge in [0.15, 0.2) is 0 Å². The summed E-state index contributed by atoms with van der Waals surface area (Å²) in [5.74, 6) is 0. The Morgan fingerprint density at radius 1 is 1.45 bits per heavy atom. The molecule has 0 amide bonds. The molecule has 6 heteroatoms. The maximum absolute atomic E-state index is 11.1. The SMILES string of the molecule is CCC(NCc1ccc(Br)cc1[N+](=O)[O-])c1cccs1. The zero-order chi connectivity index (χ0) is 14.5. The minimum Gasteiger partial charge on any atom is -0.305 e. The second kappa shape index (κ2) is 6.97. The Hall–Kier alpha value is -1.24. The van der Waals surface area contributed by atoms with Crippen LogP contribution in [0.4, 0.5) is 5.69 Å². The highest BCUT2D eigenvalue weighted by molar-refractivity contribution is 9.10. The molecule has 0 aliphatic rings. The normalized spacial score (nSPS) is 12.3. The van der Waals surface area contributed by atoms with Crippen molar-refractivity contribution in [3.63, 3.8) is 0 Å². The first-order valence-corrected chi connectivity index (χ1v) is 7.98. The van der Waals surface area contributed by atoms with E-state index in [1.165, 1.54) is 4.88 Å². The fourth-order valence-electron chi connectivity index (χ4n) is 2.03. The third-order valence-corrected chi connectivity index (χ3v) is 4.56. The highest BCUT2D eigenvalue weighted by Gasteiger charge is 2.16. The molecule has 0 aliphatic carbocycles. The number of hydrogen-bond acceptors (Lipinski definition) is 4. The number of rotatable bonds is 6. The Labute approximate surface area is 130 Å². The van der Waals surface area contributed by atoms with Gasteiger partial charge in [-0.3, -0.25) is 10.1 Å². The molecule has 0 saturated heterocycles. The smallest absolute Gasteiger partial charge is 0.275 e. The molecular weight excluding hydrogens is 340 g/mol. The van der Waals surface area contributed by atoms with Crippen molar-refractivity contribution in [1.29, 1.82) is 0 Å². The number of hydrogen-bond donors (Lipinski definition) is 1. The van der Waals surface area contributed by atoms with Crippen LogP contribution < -0.4 is 5.32 Å². The van der Waals surface area contributed by atoms with Gasteiger partial charge in [0, 0.05) is 33.6 Å². The fourth-order valence-corrected chi connectivity index (χ4v) is 3.26. The Morgan fingerprint density at radius 2 is 2.25 bits per heavy atom. The molecule has 1 atom stereocenters. The van der Waals surface area contributed by atoms with Gasteiger partial charge in [-0.25, -0.2) is 0 Å². The van der Waals surface area contributed by atoms with Crippen molar-refractivity contribution in [3.05, 3.63) is 60.7 Å². The van der Waals surface area contributed by atoms with E-state index < -0.39 is 0 Å². The monoisotopic (exact) mass is 354 g/mol. The van der Waals surface area contributed by atoms with Crippen LogP contribution in [0.15, 0.2) is 40.2 Å². The summed E-state index contributed by atoms with van der Waals surface area (Å²) in [7, 11) is 0. The van der Waals surface area contributed by atoms with Crippen molar-refractivity contribution in [2.75, 3.05) is 0 Å². The minimum atomic E-state index is -0.339. The molecule has 1 unspecified atom stereocenters. The van der Waals surface area contributed by atoms with Gasteiger partial charge in [-0.2, -0.15) is 0 Å². The second-order valence-electron chi connectivity index (χ2n) is 4.39. The number of halogens is 1. The standard InChI is InChI=1S/C14H15BrN2O2S/c1-2-12(14-4-3-7-20-14)16-9-10-5-6-11(15)8-13(10)17(18)19/h3-8,12,16H,2,9H2,1H3. The van der Waals surface area contributed by atoms with Crippen molar-refractivity contribution < 1.29 is 4.92 Å². The molecular formula is C14H15BrN2O2S. The van der Waals surface area contributed by atoms with Gasteiger partial charge in [0.2, 0.25) is 0 Å². The van der Waals surface area contributed by atoms with Crippen molar-refractivity contribution in [2.24, 2.45) is 0 Å². The molecule has 1 N–H and O–H groups in total. The average molecular weight is 355 g/mol. The lowest BCUT2D eigenvalue weighted by Gasteiger charge is -2.15. The van der Waals surface area contributed by atoms with Gasteiger partial charge in [0.1, 0.15) is 0 Å². The number of benzene rings is 1. The Morgan fingerprint density at radius 3 is 2.85 bits per heavy atom. The molecule has 2 aromatic rings. The van der Waals surface area contributed by atoms with Crippen molar-refractivity contribution in [2.45, 2.75) is 25.9 Å². The number of nitro groups is 1. The quantitative estimate of drug-likeness (QED) is 0.606. The van der Waals surface area contributed by atoms with Gasteiger partial charge in [-0.15, -0.1) is 11.3 Å². The lowest BCUT2D eigenvalue weighted by Crippen LogP contribution is -2.20. The number of nitrogens with zero attached hydrogens (tertiary/aromatic N) is 1. The molecule has 2 rings (SSSR count). The lowest BCUT2D eigenvalue weighted by molar-refractivity contribution is -0.385. The molecule has 1 aromatic carbocycles. The Balaban J connectivity index is 2.12. The Kier molecular flexibility index (Phi) is 5.28. The van der Waals surface area contributed by atoms with Crippen LogP contribution in [0.25, 0.3) is 0 Å². The van der Waals surface area contributed by atoms with E-state index in [1.807, 2.05) is 17.5 Å². The molecule has 0 bridgehead atoms. The Bertz CT molecular complexity index is 587. The van der Waals surface area contributed by atoms with E-state index in [9.17, 15) is 10.1 Å². The van der Waals surface area contributed by atoms with Crippen LogP contribution in [-0.2, 0) is 6.54 Å². The topological polar surface area (TPSA) is 55.2 Å². The number of nitrogens with one attached hydrogen (secondary N) is 1. The molecule has 0 saturated carbocycles. The van der Waals surface area contributed by atoms with Crippen molar-refractivity contribution >= 4 is 33.0 Å². The highest BCUT2D eigenvalue weighted by Crippen LogP contribution is 2.26. The van der Waals surface area contributed by atoms with E-state index in [4.69, 9.17) is 0 Å². The predicted octanol–water partition coefficient (Wildman–Crippen LogP) is 4.66. The molecule has 1 aromatic heterocycles. The van der Waals surface area contributed by atoms with E-state index in [0.717, 1.165) is 10.9 Å². The number of nitro benzene ring substituents is 1. The van der Waals surface area contributed by atoms with Gasteiger partial charge in [-0.1, -0.05) is 28.9 Å². The summed E-state index contributed by atoms with van der Waals surface area (Å²) < 4.78 is 0.721. The summed E-state index contributed by atoms with van der Waals surface area (Å²) in [6.45, 7) is 2.59. The van der Waals surface area contributed by atoms with Gasteiger partial charge in [0.05, 0.1) is 4.92 Å². The molecule has 0 fully saturated rings. The zero-order valence-corrected chi connectivity index (χ0v) is 13.4. The number of thiophene rings is 1. The minimum absolute atomic E-state index is 0.146. The van der Waals surface area contributed by atoms with Gasteiger partial charge in [0.25, 0.3) is 5.69 Å². The fraction of sp³-hybridized carbons (Fsp3) is 0.286. The van der Waals surface area contributed by atoms with Gasteiger partial charge in [-0.05, 0) is 30.0 Å². The predicted molar refractivity (Wildman–Crippen MR) is 85.0 cm³/mol. The van der Waals surface area contributed by atoms with Crippen LogP contribution in [0.5, 0.6) is 0 Å². The van der Waals surface area contributed by atoms with Crippen LogP contribution in [0, 0.1) is 10.1 Å². The molecule has 0 radical (unpaired) electrons.